The fourth-order valence-electron chi connectivity index (χ4n) is 5.00. The van der Waals surface area contributed by atoms with Crippen molar-refractivity contribution in [3.8, 4) is 5.75 Å². The van der Waals surface area contributed by atoms with Crippen LogP contribution in [0.3, 0.4) is 0 Å². The predicted molar refractivity (Wildman–Crippen MR) is 140 cm³/mol. The van der Waals surface area contributed by atoms with Crippen molar-refractivity contribution >= 4 is 16.9 Å². The molecule has 2 N–H and O–H groups in total. The largest absolute Gasteiger partial charge is 0.467 e. The number of rotatable bonds is 7. The van der Waals surface area contributed by atoms with Crippen LogP contribution >= 0.6 is 0 Å². The van der Waals surface area contributed by atoms with Crippen molar-refractivity contribution in [2.75, 3.05) is 27.0 Å². The number of carbonyl (C=O) groups is 1. The van der Waals surface area contributed by atoms with Crippen molar-refractivity contribution in [3.63, 3.8) is 0 Å². The number of benzene rings is 3. The van der Waals surface area contributed by atoms with Crippen LogP contribution in [0.4, 0.5) is 8.78 Å². The van der Waals surface area contributed by atoms with Gasteiger partial charge in [0, 0.05) is 26.3 Å². The van der Waals surface area contributed by atoms with E-state index in [1.807, 2.05) is 6.92 Å². The number of carbonyl (C=O) groups excluding carboxylic acids is 1. The van der Waals surface area contributed by atoms with Crippen LogP contribution < -0.4 is 20.9 Å². The van der Waals surface area contributed by atoms with Gasteiger partial charge in [-0.2, -0.15) is 0 Å². The molecule has 4 aromatic rings. The molecule has 2 unspecified atom stereocenters. The SMILES string of the molecule is COCOc1cccc2oc(C(=O)NN3CCNC(c4ccc(F)cc4)C3(C)c3ccc(F)cc3)cc(=O)c12. The zero-order chi connectivity index (χ0) is 27.6. The monoisotopic (exact) mass is 535 g/mol. The average molecular weight is 536 g/mol. The number of nitrogens with zero attached hydrogens (tertiary/aromatic N) is 1. The summed E-state index contributed by atoms with van der Waals surface area (Å²) in [4.78, 5) is 26.4. The van der Waals surface area contributed by atoms with Crippen LogP contribution in [0.25, 0.3) is 11.0 Å². The maximum Gasteiger partial charge on any atom is 0.301 e. The van der Waals surface area contributed by atoms with Crippen LogP contribution in [0.2, 0.25) is 0 Å². The van der Waals surface area contributed by atoms with Gasteiger partial charge in [-0.25, -0.2) is 13.8 Å². The minimum absolute atomic E-state index is 0.0546. The second-order valence-corrected chi connectivity index (χ2v) is 9.34. The standard InChI is InChI=1S/C29H27F2N3O5/c1-29(19-8-12-21(31)13-9-19)27(18-6-10-20(30)11-7-18)32-14-15-34(29)33-28(36)25-16-22(35)26-23(38-17-37-2)4-3-5-24(26)39-25/h3-13,16,27,32H,14-15,17H2,1-2H3,(H,33,36). The number of amides is 1. The Kier molecular flexibility index (Phi) is 7.42. The highest BCUT2D eigenvalue weighted by molar-refractivity contribution is 5.93. The molecule has 0 aliphatic carbocycles. The maximum atomic E-state index is 13.8. The highest BCUT2D eigenvalue weighted by Crippen LogP contribution is 2.41. The number of ether oxygens (including phenoxy) is 2. The molecule has 2 heterocycles. The Morgan fingerprint density at radius 1 is 1.10 bits per heavy atom. The number of hydrogen-bond acceptors (Lipinski definition) is 7. The Bertz CT molecular complexity index is 1540. The zero-order valence-electron chi connectivity index (χ0n) is 21.4. The number of methoxy groups -OCH3 is 1. The first kappa shape index (κ1) is 26.5. The molecule has 1 aliphatic rings. The van der Waals surface area contributed by atoms with Gasteiger partial charge in [0.15, 0.2) is 18.0 Å². The topological polar surface area (TPSA) is 93.0 Å². The number of nitrogens with one attached hydrogen (secondary N) is 2. The van der Waals surface area contributed by atoms with Crippen LogP contribution in [0.1, 0.15) is 34.6 Å². The van der Waals surface area contributed by atoms with Gasteiger partial charge in [-0.3, -0.25) is 15.0 Å². The molecular weight excluding hydrogens is 508 g/mol. The molecule has 8 nitrogen and oxygen atoms in total. The van der Waals surface area contributed by atoms with Crippen LogP contribution in [0, 0.1) is 11.6 Å². The van der Waals surface area contributed by atoms with Crippen molar-refractivity contribution in [1.29, 1.82) is 0 Å². The third-order valence-electron chi connectivity index (χ3n) is 6.95. The molecule has 1 aliphatic heterocycles. The summed E-state index contributed by atoms with van der Waals surface area (Å²) in [6, 6.07) is 17.6. The molecule has 1 aromatic heterocycles. The number of hydrogen-bond donors (Lipinski definition) is 2. The third-order valence-corrected chi connectivity index (χ3v) is 6.95. The van der Waals surface area contributed by atoms with Gasteiger partial charge < -0.3 is 19.2 Å². The number of halogens is 2. The summed E-state index contributed by atoms with van der Waals surface area (Å²) in [5.41, 5.74) is 3.20. The lowest BCUT2D eigenvalue weighted by molar-refractivity contribution is -0.0118. The summed E-state index contributed by atoms with van der Waals surface area (Å²) in [5.74, 6) is -1.31. The lowest BCUT2D eigenvalue weighted by atomic mass is 9.78. The van der Waals surface area contributed by atoms with E-state index in [-0.39, 0.29) is 35.1 Å². The van der Waals surface area contributed by atoms with Gasteiger partial charge in [0.1, 0.15) is 28.4 Å². The van der Waals surface area contributed by atoms with E-state index in [0.717, 1.165) is 11.6 Å². The van der Waals surface area contributed by atoms with Gasteiger partial charge in [-0.15, -0.1) is 0 Å². The first-order valence-electron chi connectivity index (χ1n) is 12.3. The van der Waals surface area contributed by atoms with E-state index in [2.05, 4.69) is 10.7 Å². The lowest BCUT2D eigenvalue weighted by Crippen LogP contribution is -2.64. The first-order valence-corrected chi connectivity index (χ1v) is 12.3. The first-order chi connectivity index (χ1) is 18.8. The summed E-state index contributed by atoms with van der Waals surface area (Å²) in [5, 5.41) is 5.38. The molecule has 39 heavy (non-hydrogen) atoms. The Hall–Kier alpha value is -4.12. The van der Waals surface area contributed by atoms with Crippen molar-refractivity contribution in [1.82, 2.24) is 15.8 Å². The molecule has 202 valence electrons. The van der Waals surface area contributed by atoms with Crippen molar-refractivity contribution in [2.45, 2.75) is 18.5 Å². The highest BCUT2D eigenvalue weighted by Gasteiger charge is 2.46. The van der Waals surface area contributed by atoms with Crippen molar-refractivity contribution in [3.05, 3.63) is 112 Å². The quantitative estimate of drug-likeness (QED) is 0.342. The minimum atomic E-state index is -0.933. The molecule has 0 bridgehead atoms. The molecule has 10 heteroatoms. The fraction of sp³-hybridized carbons (Fsp3) is 0.241. The van der Waals surface area contributed by atoms with E-state index in [1.54, 1.807) is 47.5 Å². The molecule has 0 spiro atoms. The van der Waals surface area contributed by atoms with Crippen LogP contribution in [0.5, 0.6) is 5.75 Å². The molecule has 2 atom stereocenters. The van der Waals surface area contributed by atoms with E-state index < -0.39 is 28.7 Å². The molecular formula is C29H27F2N3O5. The van der Waals surface area contributed by atoms with Gasteiger partial charge in [-0.05, 0) is 54.4 Å². The summed E-state index contributed by atoms with van der Waals surface area (Å²) >= 11 is 0. The molecule has 0 radical (unpaired) electrons. The number of fused-ring (bicyclic) bond motifs is 1. The Morgan fingerprint density at radius 2 is 1.79 bits per heavy atom. The summed E-state index contributed by atoms with van der Waals surface area (Å²) in [7, 11) is 1.46. The van der Waals surface area contributed by atoms with Crippen LogP contribution in [0.15, 0.2) is 82.0 Å². The Labute approximate surface area is 223 Å². The molecule has 0 saturated carbocycles. The van der Waals surface area contributed by atoms with Gasteiger partial charge in [0.25, 0.3) is 0 Å². The van der Waals surface area contributed by atoms with E-state index >= 15 is 0 Å². The second kappa shape index (κ2) is 10.9. The third kappa shape index (κ3) is 5.14. The van der Waals surface area contributed by atoms with Crippen molar-refractivity contribution < 1.29 is 27.5 Å². The van der Waals surface area contributed by atoms with E-state index in [9.17, 15) is 18.4 Å². The summed E-state index contributed by atoms with van der Waals surface area (Å²) in [6.45, 7) is 2.71. The predicted octanol–water partition coefficient (Wildman–Crippen LogP) is 4.26. The van der Waals surface area contributed by atoms with Crippen LogP contribution in [-0.2, 0) is 10.3 Å². The normalized spacial score (nSPS) is 19.6. The number of hydrazine groups is 1. The molecule has 1 amide bonds. The highest BCUT2D eigenvalue weighted by atomic mass is 19.1. The number of piperazine rings is 1. The van der Waals surface area contributed by atoms with Gasteiger partial charge in [-0.1, -0.05) is 30.3 Å². The van der Waals surface area contributed by atoms with Crippen molar-refractivity contribution in [2.24, 2.45) is 0 Å². The Morgan fingerprint density at radius 3 is 2.49 bits per heavy atom. The van der Waals surface area contributed by atoms with Crippen LogP contribution in [-0.4, -0.2) is 37.9 Å². The fourth-order valence-corrected chi connectivity index (χ4v) is 5.00. The second-order valence-electron chi connectivity index (χ2n) is 9.34. The Balaban J connectivity index is 1.51. The lowest BCUT2D eigenvalue weighted by Gasteiger charge is -2.50. The molecule has 5 rings (SSSR count). The summed E-state index contributed by atoms with van der Waals surface area (Å²) in [6.07, 6.45) is 0. The van der Waals surface area contributed by atoms with Gasteiger partial charge in [0.05, 0.1) is 11.6 Å². The maximum absolute atomic E-state index is 13.8. The van der Waals surface area contributed by atoms with Gasteiger partial charge >= 0.3 is 5.91 Å². The van der Waals surface area contributed by atoms with E-state index in [4.69, 9.17) is 13.9 Å². The van der Waals surface area contributed by atoms with E-state index in [0.29, 0.717) is 18.7 Å². The molecule has 1 fully saturated rings. The summed E-state index contributed by atoms with van der Waals surface area (Å²) < 4.78 is 43.7. The molecule has 1 saturated heterocycles. The average Bonchev–Trinajstić information content (AvgIpc) is 2.93. The van der Waals surface area contributed by atoms with E-state index in [1.165, 1.54) is 31.4 Å². The smallest absolute Gasteiger partial charge is 0.301 e. The molecule has 3 aromatic carbocycles. The minimum Gasteiger partial charge on any atom is -0.467 e. The zero-order valence-corrected chi connectivity index (χ0v) is 21.4. The van der Waals surface area contributed by atoms with Gasteiger partial charge in [0.2, 0.25) is 0 Å².